The number of hydrogen-bond acceptors (Lipinski definition) is 7. The minimum Gasteiger partial charge on any atom is -0.490 e. The number of carbonyl (C=O) groups excluding carboxylic acids is 4. The number of benzene rings is 1. The van der Waals surface area contributed by atoms with Gasteiger partial charge in [-0.15, -0.1) is 0 Å². The van der Waals surface area contributed by atoms with Crippen molar-refractivity contribution in [2.24, 2.45) is 0 Å². The predicted octanol–water partition coefficient (Wildman–Crippen LogP) is 4.30. The molecule has 1 heterocycles. The van der Waals surface area contributed by atoms with Crippen LogP contribution >= 0.6 is 0 Å². The van der Waals surface area contributed by atoms with Gasteiger partial charge in [0.25, 0.3) is 5.91 Å². The molecule has 0 bridgehead atoms. The predicted molar refractivity (Wildman–Crippen MR) is 116 cm³/mol. The van der Waals surface area contributed by atoms with Crippen molar-refractivity contribution >= 4 is 24.1 Å². The fourth-order valence-corrected chi connectivity index (χ4v) is 2.87. The van der Waals surface area contributed by atoms with E-state index < -0.39 is 41.4 Å². The lowest BCUT2D eigenvalue weighted by Gasteiger charge is -2.25. The van der Waals surface area contributed by atoms with Crippen LogP contribution in [0.5, 0.6) is 5.75 Å². The van der Waals surface area contributed by atoms with Gasteiger partial charge < -0.3 is 14.2 Å². The van der Waals surface area contributed by atoms with Crippen LogP contribution in [0.2, 0.25) is 0 Å². The third-order valence-corrected chi connectivity index (χ3v) is 4.10. The van der Waals surface area contributed by atoms with Crippen molar-refractivity contribution in [3.63, 3.8) is 0 Å². The molecule has 0 saturated carbocycles. The maximum Gasteiger partial charge on any atom is 0.425 e. The first kappa shape index (κ1) is 24.9. The van der Waals surface area contributed by atoms with Gasteiger partial charge in [0, 0.05) is 6.42 Å². The van der Waals surface area contributed by atoms with Crippen molar-refractivity contribution in [3.05, 3.63) is 42.5 Å². The van der Waals surface area contributed by atoms with Crippen LogP contribution in [-0.4, -0.2) is 57.8 Å². The fourth-order valence-electron chi connectivity index (χ4n) is 2.87. The molecule has 1 fully saturated rings. The van der Waals surface area contributed by atoms with E-state index in [-0.39, 0.29) is 6.42 Å². The molecule has 1 saturated heterocycles. The summed E-state index contributed by atoms with van der Waals surface area (Å²) in [5.74, 6) is -0.260. The van der Waals surface area contributed by atoms with Crippen LogP contribution < -0.4 is 4.74 Å². The van der Waals surface area contributed by atoms with E-state index in [1.807, 2.05) is 0 Å². The molecule has 0 aliphatic carbocycles. The highest BCUT2D eigenvalue weighted by molar-refractivity contribution is 6.19. The number of carbonyl (C=O) groups is 4. The molecule has 0 aromatic heterocycles. The van der Waals surface area contributed by atoms with Gasteiger partial charge in [-0.25, -0.2) is 19.3 Å². The van der Waals surface area contributed by atoms with Crippen molar-refractivity contribution in [2.75, 3.05) is 6.61 Å². The summed E-state index contributed by atoms with van der Waals surface area (Å²) in [7, 11) is 0. The highest BCUT2D eigenvalue weighted by Crippen LogP contribution is 2.26. The molecule has 1 atom stereocenters. The molecule has 0 radical (unpaired) electrons. The SMILES string of the molecule is C=CCOc1ccc(C[C@H]2C(=O)N(C(=O)OC(C)(C)C)C(=O)N2C(=O)OC(C)(C)C)cc1. The first-order chi connectivity index (χ1) is 14.7. The van der Waals surface area contributed by atoms with Crippen molar-refractivity contribution in [1.82, 2.24) is 9.80 Å². The average Bonchev–Trinajstić information content (AvgIpc) is 2.88. The molecule has 32 heavy (non-hydrogen) atoms. The Balaban J connectivity index is 2.33. The number of rotatable bonds is 5. The molecule has 9 heteroatoms. The summed E-state index contributed by atoms with van der Waals surface area (Å²) >= 11 is 0. The molecule has 1 aliphatic rings. The Morgan fingerprint density at radius 1 is 0.969 bits per heavy atom. The van der Waals surface area contributed by atoms with Crippen LogP contribution in [0.4, 0.5) is 14.4 Å². The Morgan fingerprint density at radius 3 is 2.00 bits per heavy atom. The summed E-state index contributed by atoms with van der Waals surface area (Å²) in [5, 5.41) is 0. The van der Waals surface area contributed by atoms with Gasteiger partial charge in [-0.05, 0) is 59.2 Å². The summed E-state index contributed by atoms with van der Waals surface area (Å²) < 4.78 is 15.9. The lowest BCUT2D eigenvalue weighted by molar-refractivity contribution is -0.127. The molecular formula is C23H30N2O7. The molecule has 1 aromatic rings. The zero-order valence-corrected chi connectivity index (χ0v) is 19.3. The fraction of sp³-hybridized carbons (Fsp3) is 0.478. The molecule has 0 spiro atoms. The maximum atomic E-state index is 13.1. The number of ether oxygens (including phenoxy) is 3. The van der Waals surface area contributed by atoms with Gasteiger partial charge >= 0.3 is 18.2 Å². The van der Waals surface area contributed by atoms with Crippen molar-refractivity contribution in [3.8, 4) is 5.75 Å². The summed E-state index contributed by atoms with van der Waals surface area (Å²) in [5.41, 5.74) is -1.19. The van der Waals surface area contributed by atoms with E-state index in [1.54, 1.807) is 71.9 Å². The van der Waals surface area contributed by atoms with Gasteiger partial charge in [0.05, 0.1) is 0 Å². The van der Waals surface area contributed by atoms with E-state index >= 15 is 0 Å². The van der Waals surface area contributed by atoms with Gasteiger partial charge in [0.2, 0.25) is 0 Å². The van der Waals surface area contributed by atoms with Crippen LogP contribution in [0.25, 0.3) is 0 Å². The van der Waals surface area contributed by atoms with Gasteiger partial charge in [-0.3, -0.25) is 4.79 Å². The quantitative estimate of drug-likeness (QED) is 0.491. The molecule has 0 unspecified atom stereocenters. The van der Waals surface area contributed by atoms with E-state index in [9.17, 15) is 19.2 Å². The molecule has 174 valence electrons. The van der Waals surface area contributed by atoms with Crippen molar-refractivity contribution in [1.29, 1.82) is 0 Å². The molecule has 1 aromatic carbocycles. The van der Waals surface area contributed by atoms with Crippen LogP contribution in [0.1, 0.15) is 47.1 Å². The largest absolute Gasteiger partial charge is 0.490 e. The van der Waals surface area contributed by atoms with Crippen molar-refractivity contribution < 1.29 is 33.4 Å². The van der Waals surface area contributed by atoms with Gasteiger partial charge in [-0.1, -0.05) is 24.8 Å². The standard InChI is InChI=1S/C23H30N2O7/c1-8-13-30-16-11-9-15(10-12-16)14-17-18(26)25(21(29)32-23(5,6)7)19(27)24(17)20(28)31-22(2,3)4/h8-12,17H,1,13-14H2,2-7H3/t17-/m0/s1. The second-order valence-electron chi connectivity index (χ2n) is 9.25. The first-order valence-corrected chi connectivity index (χ1v) is 10.2. The molecular weight excluding hydrogens is 416 g/mol. The van der Waals surface area contributed by atoms with Gasteiger partial charge in [0.15, 0.2) is 0 Å². The zero-order chi connectivity index (χ0) is 24.3. The third-order valence-electron chi connectivity index (χ3n) is 4.10. The highest BCUT2D eigenvalue weighted by atomic mass is 16.6. The molecule has 0 N–H and O–H groups in total. The Kier molecular flexibility index (Phi) is 7.33. The average molecular weight is 447 g/mol. The lowest BCUT2D eigenvalue weighted by atomic mass is 10.0. The summed E-state index contributed by atoms with van der Waals surface area (Å²) in [4.78, 5) is 52.3. The molecule has 5 amide bonds. The number of urea groups is 1. The van der Waals surface area contributed by atoms with Gasteiger partial charge in [0.1, 0.15) is 29.6 Å². The Labute approximate surface area is 187 Å². The third kappa shape index (κ3) is 6.32. The summed E-state index contributed by atoms with van der Waals surface area (Å²) in [6.07, 6.45) is -0.555. The van der Waals surface area contributed by atoms with E-state index in [1.165, 1.54) is 0 Å². The maximum absolute atomic E-state index is 13.1. The Morgan fingerprint density at radius 2 is 1.50 bits per heavy atom. The van der Waals surface area contributed by atoms with Gasteiger partial charge in [-0.2, -0.15) is 4.90 Å². The number of hydrogen-bond donors (Lipinski definition) is 0. The Hall–Kier alpha value is -3.36. The molecule has 1 aliphatic heterocycles. The van der Waals surface area contributed by atoms with Crippen molar-refractivity contribution in [2.45, 2.75) is 65.2 Å². The van der Waals surface area contributed by atoms with Crippen LogP contribution in [-0.2, 0) is 20.7 Å². The van der Waals surface area contributed by atoms with E-state index in [0.717, 1.165) is 0 Å². The summed E-state index contributed by atoms with van der Waals surface area (Å²) in [6.45, 7) is 13.6. The minimum absolute atomic E-state index is 0.00908. The first-order valence-electron chi connectivity index (χ1n) is 10.2. The second kappa shape index (κ2) is 9.42. The smallest absolute Gasteiger partial charge is 0.425 e. The summed E-state index contributed by atoms with van der Waals surface area (Å²) in [6, 6.07) is 4.45. The van der Waals surface area contributed by atoms with E-state index in [0.29, 0.717) is 27.7 Å². The monoisotopic (exact) mass is 446 g/mol. The zero-order valence-electron chi connectivity index (χ0n) is 19.3. The molecule has 2 rings (SSSR count). The van der Waals surface area contributed by atoms with E-state index in [2.05, 4.69) is 6.58 Å². The second-order valence-corrected chi connectivity index (χ2v) is 9.25. The number of nitrogens with zero attached hydrogens (tertiary/aromatic N) is 2. The molecule has 9 nitrogen and oxygen atoms in total. The highest BCUT2D eigenvalue weighted by Gasteiger charge is 2.53. The van der Waals surface area contributed by atoms with E-state index in [4.69, 9.17) is 14.2 Å². The topological polar surface area (TPSA) is 102 Å². The minimum atomic E-state index is -1.26. The van der Waals surface area contributed by atoms with Crippen LogP contribution in [0, 0.1) is 0 Å². The van der Waals surface area contributed by atoms with Crippen LogP contribution in [0.3, 0.4) is 0 Å². The van der Waals surface area contributed by atoms with Crippen LogP contribution in [0.15, 0.2) is 36.9 Å². The normalized spacial score (nSPS) is 16.8. The lowest BCUT2D eigenvalue weighted by Crippen LogP contribution is -2.45. The Bertz CT molecular complexity index is 894. The number of amides is 5. The number of imide groups is 4.